The van der Waals surface area contributed by atoms with Crippen molar-refractivity contribution in [1.82, 2.24) is 15.5 Å². The number of nitrogens with one attached hydrogen (secondary N) is 2. The molecule has 0 aliphatic heterocycles. The molecule has 0 amide bonds. The second-order valence-corrected chi connectivity index (χ2v) is 6.12. The normalized spacial score (nSPS) is 13.0. The number of hydrogen-bond acceptors (Lipinski definition) is 2. The fraction of sp³-hybridized carbons (Fsp3) is 0.350. The van der Waals surface area contributed by atoms with Gasteiger partial charge in [-0.1, -0.05) is 54.6 Å². The monoisotopic (exact) mass is 324 g/mol. The third-order valence-corrected chi connectivity index (χ3v) is 4.20. The van der Waals surface area contributed by atoms with Crippen molar-refractivity contribution in [3.8, 4) is 0 Å². The Morgan fingerprint density at radius 2 is 1.67 bits per heavy atom. The van der Waals surface area contributed by atoms with Crippen molar-refractivity contribution in [2.45, 2.75) is 19.5 Å². The minimum Gasteiger partial charge on any atom is -0.354 e. The van der Waals surface area contributed by atoms with Gasteiger partial charge in [-0.3, -0.25) is 4.99 Å². The molecule has 2 rings (SSSR count). The van der Waals surface area contributed by atoms with Crippen LogP contribution in [0.1, 0.15) is 22.7 Å². The molecule has 0 spiro atoms. The lowest BCUT2D eigenvalue weighted by Crippen LogP contribution is -2.41. The van der Waals surface area contributed by atoms with Crippen LogP contribution in [0.25, 0.3) is 0 Å². The Balaban J connectivity index is 1.94. The van der Waals surface area contributed by atoms with Crippen molar-refractivity contribution < 1.29 is 0 Å². The molecule has 0 aliphatic carbocycles. The van der Waals surface area contributed by atoms with E-state index in [1.54, 1.807) is 7.05 Å². The van der Waals surface area contributed by atoms with Gasteiger partial charge in [-0.15, -0.1) is 0 Å². The van der Waals surface area contributed by atoms with Crippen molar-refractivity contribution in [2.24, 2.45) is 4.99 Å². The highest BCUT2D eigenvalue weighted by Crippen LogP contribution is 2.16. The van der Waals surface area contributed by atoms with Gasteiger partial charge in [0.1, 0.15) is 0 Å². The molecule has 0 radical (unpaired) electrons. The van der Waals surface area contributed by atoms with Crippen LogP contribution in [0.15, 0.2) is 59.6 Å². The molecular formula is C20H28N4. The molecule has 0 heterocycles. The lowest BCUT2D eigenvalue weighted by atomic mass is 10.1. The van der Waals surface area contributed by atoms with Crippen LogP contribution < -0.4 is 10.6 Å². The molecule has 4 heteroatoms. The van der Waals surface area contributed by atoms with E-state index < -0.39 is 0 Å². The fourth-order valence-electron chi connectivity index (χ4n) is 2.68. The molecule has 0 fully saturated rings. The Hall–Kier alpha value is -2.33. The van der Waals surface area contributed by atoms with Gasteiger partial charge in [-0.2, -0.15) is 0 Å². The number of rotatable bonds is 6. The van der Waals surface area contributed by atoms with Crippen molar-refractivity contribution >= 4 is 5.96 Å². The van der Waals surface area contributed by atoms with Gasteiger partial charge in [-0.25, -0.2) is 0 Å². The van der Waals surface area contributed by atoms with Gasteiger partial charge in [0, 0.05) is 20.1 Å². The van der Waals surface area contributed by atoms with Gasteiger partial charge in [0.05, 0.1) is 6.04 Å². The van der Waals surface area contributed by atoms with E-state index in [0.717, 1.165) is 19.0 Å². The molecular weight excluding hydrogens is 296 g/mol. The average Bonchev–Trinajstić information content (AvgIpc) is 2.59. The number of benzene rings is 2. The molecule has 0 aromatic heterocycles. The van der Waals surface area contributed by atoms with Gasteiger partial charge in [0.25, 0.3) is 0 Å². The van der Waals surface area contributed by atoms with E-state index >= 15 is 0 Å². The molecule has 0 aliphatic rings. The van der Waals surface area contributed by atoms with Gasteiger partial charge >= 0.3 is 0 Å². The number of aryl methyl sites for hydroxylation is 1. The van der Waals surface area contributed by atoms with E-state index in [4.69, 9.17) is 0 Å². The molecule has 2 N–H and O–H groups in total. The van der Waals surface area contributed by atoms with Crippen LogP contribution in [0.2, 0.25) is 0 Å². The second kappa shape index (κ2) is 9.08. The van der Waals surface area contributed by atoms with Crippen molar-refractivity contribution in [1.29, 1.82) is 0 Å². The Morgan fingerprint density at radius 3 is 2.29 bits per heavy atom. The summed E-state index contributed by atoms with van der Waals surface area (Å²) >= 11 is 0. The topological polar surface area (TPSA) is 39.7 Å². The summed E-state index contributed by atoms with van der Waals surface area (Å²) in [5, 5.41) is 6.83. The largest absolute Gasteiger partial charge is 0.354 e. The molecule has 2 aromatic rings. The summed E-state index contributed by atoms with van der Waals surface area (Å²) in [6, 6.07) is 19.2. The first-order chi connectivity index (χ1) is 11.6. The predicted molar refractivity (Wildman–Crippen MR) is 102 cm³/mol. The first-order valence-corrected chi connectivity index (χ1v) is 8.32. The standard InChI is InChI=1S/C20H28N4/c1-16-10-8-9-13-18(16)14-22-20(21-2)23-15-19(24(3)4)17-11-6-5-7-12-17/h5-13,19H,14-15H2,1-4H3,(H2,21,22,23). The van der Waals surface area contributed by atoms with Crippen LogP contribution in [0.4, 0.5) is 0 Å². The first-order valence-electron chi connectivity index (χ1n) is 8.32. The van der Waals surface area contributed by atoms with Crippen LogP contribution in [-0.4, -0.2) is 38.5 Å². The molecule has 0 bridgehead atoms. The molecule has 4 nitrogen and oxygen atoms in total. The number of guanidine groups is 1. The van der Waals surface area contributed by atoms with Gasteiger partial charge in [0.2, 0.25) is 0 Å². The van der Waals surface area contributed by atoms with E-state index in [0.29, 0.717) is 6.04 Å². The van der Waals surface area contributed by atoms with Gasteiger partial charge in [-0.05, 0) is 37.7 Å². The zero-order valence-corrected chi connectivity index (χ0v) is 15.1. The number of aliphatic imine (C=N–C) groups is 1. The maximum Gasteiger partial charge on any atom is 0.191 e. The van der Waals surface area contributed by atoms with Crippen LogP contribution in [-0.2, 0) is 6.54 Å². The van der Waals surface area contributed by atoms with Crippen LogP contribution >= 0.6 is 0 Å². The van der Waals surface area contributed by atoms with Crippen molar-refractivity contribution in [2.75, 3.05) is 27.7 Å². The predicted octanol–water partition coefficient (Wildman–Crippen LogP) is 2.96. The molecule has 128 valence electrons. The Labute approximate surface area is 145 Å². The van der Waals surface area contributed by atoms with E-state index in [9.17, 15) is 0 Å². The lowest BCUT2D eigenvalue weighted by molar-refractivity contribution is 0.298. The average molecular weight is 324 g/mol. The third-order valence-electron chi connectivity index (χ3n) is 4.20. The summed E-state index contributed by atoms with van der Waals surface area (Å²) in [6.45, 7) is 3.69. The number of nitrogens with zero attached hydrogens (tertiary/aromatic N) is 2. The zero-order chi connectivity index (χ0) is 17.4. The highest BCUT2D eigenvalue weighted by atomic mass is 15.2. The second-order valence-electron chi connectivity index (χ2n) is 6.12. The highest BCUT2D eigenvalue weighted by molar-refractivity contribution is 5.79. The van der Waals surface area contributed by atoms with E-state index in [1.165, 1.54) is 16.7 Å². The van der Waals surface area contributed by atoms with Crippen LogP contribution in [0.3, 0.4) is 0 Å². The summed E-state index contributed by atoms with van der Waals surface area (Å²) < 4.78 is 0. The van der Waals surface area contributed by atoms with E-state index in [1.807, 2.05) is 6.07 Å². The smallest absolute Gasteiger partial charge is 0.191 e. The summed E-state index contributed by atoms with van der Waals surface area (Å²) in [7, 11) is 6.01. The van der Waals surface area contributed by atoms with Crippen LogP contribution in [0, 0.1) is 6.92 Å². The zero-order valence-electron chi connectivity index (χ0n) is 15.1. The van der Waals surface area contributed by atoms with E-state index in [-0.39, 0.29) is 0 Å². The first kappa shape index (κ1) is 18.0. The molecule has 2 aromatic carbocycles. The summed E-state index contributed by atoms with van der Waals surface area (Å²) in [4.78, 5) is 6.55. The maximum absolute atomic E-state index is 4.33. The third kappa shape index (κ3) is 5.10. The Bertz CT molecular complexity index is 650. The fourth-order valence-corrected chi connectivity index (χ4v) is 2.68. The summed E-state index contributed by atoms with van der Waals surface area (Å²) in [5.41, 5.74) is 3.87. The maximum atomic E-state index is 4.33. The van der Waals surface area contributed by atoms with Gasteiger partial charge in [0.15, 0.2) is 5.96 Å². The van der Waals surface area contributed by atoms with Gasteiger partial charge < -0.3 is 15.5 Å². The van der Waals surface area contributed by atoms with Crippen molar-refractivity contribution in [3.63, 3.8) is 0 Å². The summed E-state index contributed by atoms with van der Waals surface area (Å²) in [6.07, 6.45) is 0. The number of likely N-dealkylation sites (N-methyl/N-ethyl adjacent to an activating group) is 1. The lowest BCUT2D eigenvalue weighted by Gasteiger charge is -2.26. The SMILES string of the molecule is CN=C(NCc1ccccc1C)NCC(c1ccccc1)N(C)C. The minimum atomic E-state index is 0.295. The molecule has 1 atom stereocenters. The molecule has 0 saturated heterocycles. The van der Waals surface area contributed by atoms with Crippen molar-refractivity contribution in [3.05, 3.63) is 71.3 Å². The molecule has 1 unspecified atom stereocenters. The quantitative estimate of drug-likeness (QED) is 0.634. The number of hydrogen-bond donors (Lipinski definition) is 2. The molecule has 0 saturated carbocycles. The minimum absolute atomic E-state index is 0.295. The van der Waals surface area contributed by atoms with E-state index in [2.05, 4.69) is 90.1 Å². The van der Waals surface area contributed by atoms with Crippen LogP contribution in [0.5, 0.6) is 0 Å². The summed E-state index contributed by atoms with van der Waals surface area (Å²) in [5.74, 6) is 0.820. The molecule has 24 heavy (non-hydrogen) atoms. The Morgan fingerprint density at radius 1 is 1.00 bits per heavy atom. The highest BCUT2D eigenvalue weighted by Gasteiger charge is 2.14. The Kier molecular flexibility index (Phi) is 6.82.